The number of hydrogen-bond donors (Lipinski definition) is 3. The first-order chi connectivity index (χ1) is 10.0. The average molecular weight is 313 g/mol. The van der Waals surface area contributed by atoms with Crippen LogP contribution in [0.3, 0.4) is 0 Å². The third-order valence-corrected chi connectivity index (χ3v) is 3.51. The minimum Gasteiger partial charge on any atom is -0.351 e. The van der Waals surface area contributed by atoms with E-state index in [1.165, 1.54) is 19.3 Å². The van der Waals surface area contributed by atoms with Gasteiger partial charge in [-0.1, -0.05) is 51.1 Å². The number of rotatable bonds is 9. The van der Waals surface area contributed by atoms with E-state index in [4.69, 9.17) is 17.4 Å². The van der Waals surface area contributed by atoms with Crippen LogP contribution in [-0.4, -0.2) is 17.4 Å². The molecule has 1 rings (SSSR count). The van der Waals surface area contributed by atoms with Crippen molar-refractivity contribution in [3.8, 4) is 0 Å². The van der Waals surface area contributed by atoms with Crippen LogP contribution in [0.25, 0.3) is 0 Å². The number of hydrogen-bond acceptors (Lipinski definition) is 4. The third kappa shape index (κ3) is 6.78. The molecule has 0 spiro atoms. The largest absolute Gasteiger partial charge is 0.351 e. The van der Waals surface area contributed by atoms with E-state index < -0.39 is 0 Å². The molecule has 118 valence electrons. The molecule has 0 aliphatic carbocycles. The van der Waals surface area contributed by atoms with Gasteiger partial charge in [-0.2, -0.15) is 0 Å². The lowest BCUT2D eigenvalue weighted by Crippen LogP contribution is -2.26. The second kappa shape index (κ2) is 9.58. The van der Waals surface area contributed by atoms with Crippen LogP contribution in [0.4, 0.5) is 5.82 Å². The molecular weight excluding hydrogens is 288 g/mol. The number of nitrogens with one attached hydrogen (secondary N) is 2. The highest BCUT2D eigenvalue weighted by Crippen LogP contribution is 2.16. The smallest absolute Gasteiger partial charge is 0.271 e. The van der Waals surface area contributed by atoms with Crippen molar-refractivity contribution < 1.29 is 4.79 Å². The van der Waals surface area contributed by atoms with Gasteiger partial charge in [-0.15, -0.1) is 0 Å². The van der Waals surface area contributed by atoms with Gasteiger partial charge in [0.25, 0.3) is 5.91 Å². The number of nitrogens with zero attached hydrogens (tertiary/aromatic N) is 1. The van der Waals surface area contributed by atoms with Crippen molar-refractivity contribution in [3.05, 3.63) is 22.8 Å². The van der Waals surface area contributed by atoms with Crippen LogP contribution in [0, 0.1) is 5.92 Å². The normalized spacial score (nSPS) is 10.7. The number of aromatic nitrogens is 1. The van der Waals surface area contributed by atoms with Crippen LogP contribution in [0.2, 0.25) is 5.02 Å². The number of unbranched alkanes of at least 4 members (excludes halogenated alkanes) is 3. The van der Waals surface area contributed by atoms with Gasteiger partial charge in [0, 0.05) is 6.54 Å². The zero-order valence-corrected chi connectivity index (χ0v) is 13.5. The minimum atomic E-state index is -0.265. The maximum Gasteiger partial charge on any atom is 0.271 e. The Balaban J connectivity index is 2.28. The van der Waals surface area contributed by atoms with E-state index in [9.17, 15) is 4.79 Å². The van der Waals surface area contributed by atoms with Crippen molar-refractivity contribution in [3.63, 3.8) is 0 Å². The summed E-state index contributed by atoms with van der Waals surface area (Å²) in [5.74, 6) is 6.19. The summed E-state index contributed by atoms with van der Waals surface area (Å²) in [6, 6.07) is 3.22. The van der Waals surface area contributed by atoms with E-state index in [2.05, 4.69) is 29.6 Å². The molecule has 1 aromatic heterocycles. The van der Waals surface area contributed by atoms with Crippen LogP contribution in [-0.2, 0) is 0 Å². The Morgan fingerprint density at radius 2 is 2.00 bits per heavy atom. The summed E-state index contributed by atoms with van der Waals surface area (Å²) >= 11 is 5.97. The lowest BCUT2D eigenvalue weighted by Gasteiger charge is -2.08. The summed E-state index contributed by atoms with van der Waals surface area (Å²) in [5.41, 5.74) is 2.60. The average Bonchev–Trinajstić information content (AvgIpc) is 2.46. The molecule has 1 amide bonds. The van der Waals surface area contributed by atoms with Crippen molar-refractivity contribution in [2.75, 3.05) is 12.0 Å². The Kier molecular flexibility index (Phi) is 8.08. The molecule has 0 radical (unpaired) electrons. The zero-order chi connectivity index (χ0) is 15.7. The Bertz CT molecular complexity index is 451. The van der Waals surface area contributed by atoms with E-state index >= 15 is 0 Å². The monoisotopic (exact) mass is 312 g/mol. The maximum atomic E-state index is 12.0. The number of hydrazine groups is 1. The standard InChI is InChI=1S/C15H25ClN4O/c1-11(2)7-5-3-4-6-10-18-15(21)14-12(16)8-9-13(19-14)20-17/h8-9,11H,3-7,10,17H2,1-2H3,(H,18,21)(H,19,20). The number of carbonyl (C=O) groups is 1. The highest BCUT2D eigenvalue weighted by Gasteiger charge is 2.12. The molecule has 0 saturated heterocycles. The molecule has 0 aromatic carbocycles. The van der Waals surface area contributed by atoms with Gasteiger partial charge in [0.15, 0.2) is 0 Å². The topological polar surface area (TPSA) is 80.0 Å². The number of nitrogens with two attached hydrogens (primary N) is 1. The number of carbonyl (C=O) groups excluding carboxylic acids is 1. The van der Waals surface area contributed by atoms with Gasteiger partial charge < -0.3 is 10.7 Å². The Labute approximate surface area is 131 Å². The van der Waals surface area contributed by atoms with E-state index in [1.54, 1.807) is 12.1 Å². The van der Waals surface area contributed by atoms with Crippen LogP contribution >= 0.6 is 11.6 Å². The first kappa shape index (κ1) is 17.7. The van der Waals surface area contributed by atoms with Crippen LogP contribution < -0.4 is 16.6 Å². The van der Waals surface area contributed by atoms with Gasteiger partial charge in [-0.05, 0) is 24.5 Å². The minimum absolute atomic E-state index is 0.201. The van der Waals surface area contributed by atoms with Gasteiger partial charge in [-0.3, -0.25) is 4.79 Å². The number of anilines is 1. The van der Waals surface area contributed by atoms with Crippen molar-refractivity contribution in [2.45, 2.75) is 46.0 Å². The quantitative estimate of drug-likeness (QED) is 0.371. The van der Waals surface area contributed by atoms with Crippen LogP contribution in [0.1, 0.15) is 56.4 Å². The molecule has 1 heterocycles. The molecule has 4 N–H and O–H groups in total. The van der Waals surface area contributed by atoms with Crippen LogP contribution in [0.15, 0.2) is 12.1 Å². The maximum absolute atomic E-state index is 12.0. The van der Waals surface area contributed by atoms with Gasteiger partial charge in [0.05, 0.1) is 5.02 Å². The second-order valence-corrected chi connectivity index (χ2v) is 5.93. The molecule has 0 aliphatic rings. The molecule has 0 bridgehead atoms. The Morgan fingerprint density at radius 3 is 2.67 bits per heavy atom. The Hall–Kier alpha value is -1.33. The van der Waals surface area contributed by atoms with E-state index in [0.717, 1.165) is 18.8 Å². The molecule has 6 heteroatoms. The van der Waals surface area contributed by atoms with Gasteiger partial charge in [0.2, 0.25) is 0 Å². The van der Waals surface area contributed by atoms with Crippen molar-refractivity contribution >= 4 is 23.3 Å². The second-order valence-electron chi connectivity index (χ2n) is 5.52. The zero-order valence-electron chi connectivity index (χ0n) is 12.8. The highest BCUT2D eigenvalue weighted by molar-refractivity contribution is 6.33. The SMILES string of the molecule is CC(C)CCCCCCNC(=O)c1nc(NN)ccc1Cl. The molecule has 1 aromatic rings. The van der Waals surface area contributed by atoms with Crippen molar-refractivity contribution in [1.82, 2.24) is 10.3 Å². The molecule has 5 nitrogen and oxygen atoms in total. The molecular formula is C15H25ClN4O. The fourth-order valence-corrected chi connectivity index (χ4v) is 2.19. The lowest BCUT2D eigenvalue weighted by atomic mass is 10.0. The summed E-state index contributed by atoms with van der Waals surface area (Å²) in [6.07, 6.45) is 5.82. The van der Waals surface area contributed by atoms with E-state index in [1.807, 2.05) is 0 Å². The number of pyridine rings is 1. The first-order valence-electron chi connectivity index (χ1n) is 7.46. The number of halogens is 1. The van der Waals surface area contributed by atoms with Gasteiger partial charge in [0.1, 0.15) is 11.5 Å². The fraction of sp³-hybridized carbons (Fsp3) is 0.600. The van der Waals surface area contributed by atoms with Crippen LogP contribution in [0.5, 0.6) is 0 Å². The van der Waals surface area contributed by atoms with Crippen molar-refractivity contribution in [1.29, 1.82) is 0 Å². The summed E-state index contributed by atoms with van der Waals surface area (Å²) in [7, 11) is 0. The molecule has 0 saturated carbocycles. The Morgan fingerprint density at radius 1 is 1.29 bits per heavy atom. The van der Waals surface area contributed by atoms with E-state index in [-0.39, 0.29) is 11.6 Å². The number of amides is 1. The molecule has 0 atom stereocenters. The summed E-state index contributed by atoms with van der Waals surface area (Å²) in [6.45, 7) is 5.11. The fourth-order valence-electron chi connectivity index (χ4n) is 2.00. The molecule has 0 fully saturated rings. The van der Waals surface area contributed by atoms with E-state index in [0.29, 0.717) is 17.4 Å². The molecule has 0 unspecified atom stereocenters. The number of nitrogen functional groups attached to an aromatic ring is 1. The van der Waals surface area contributed by atoms with Gasteiger partial charge >= 0.3 is 0 Å². The molecule has 21 heavy (non-hydrogen) atoms. The predicted molar refractivity (Wildman–Crippen MR) is 87.3 cm³/mol. The lowest BCUT2D eigenvalue weighted by molar-refractivity contribution is 0.0948. The summed E-state index contributed by atoms with van der Waals surface area (Å²) in [4.78, 5) is 16.0. The first-order valence-corrected chi connectivity index (χ1v) is 7.83. The predicted octanol–water partition coefficient (Wildman–Crippen LogP) is 3.36. The van der Waals surface area contributed by atoms with Crippen molar-refractivity contribution in [2.24, 2.45) is 11.8 Å². The third-order valence-electron chi connectivity index (χ3n) is 3.20. The summed E-state index contributed by atoms with van der Waals surface area (Å²) in [5, 5.41) is 3.16. The summed E-state index contributed by atoms with van der Waals surface area (Å²) < 4.78 is 0. The molecule has 0 aliphatic heterocycles. The van der Waals surface area contributed by atoms with Gasteiger partial charge in [-0.25, -0.2) is 10.8 Å². The highest BCUT2D eigenvalue weighted by atomic mass is 35.5.